The minimum atomic E-state index is -0.0784. The third kappa shape index (κ3) is 2.81. The topological polar surface area (TPSA) is 88.4 Å². The van der Waals surface area contributed by atoms with Gasteiger partial charge in [-0.25, -0.2) is 15.0 Å². The summed E-state index contributed by atoms with van der Waals surface area (Å²) in [5, 5.41) is 11.8. The van der Waals surface area contributed by atoms with Gasteiger partial charge in [0.1, 0.15) is 5.69 Å². The van der Waals surface area contributed by atoms with Gasteiger partial charge in [-0.3, -0.25) is 4.79 Å². The van der Waals surface area contributed by atoms with E-state index < -0.39 is 0 Å². The maximum atomic E-state index is 12.9. The molecule has 2 fully saturated rings. The summed E-state index contributed by atoms with van der Waals surface area (Å²) in [5.74, 6) is 0.657. The van der Waals surface area contributed by atoms with Crippen molar-refractivity contribution in [2.45, 2.75) is 25.0 Å². The van der Waals surface area contributed by atoms with E-state index in [1.807, 2.05) is 4.90 Å². The highest BCUT2D eigenvalue weighted by atomic mass is 32.1. The lowest BCUT2D eigenvalue weighted by atomic mass is 10.1. The number of amides is 1. The van der Waals surface area contributed by atoms with E-state index in [-0.39, 0.29) is 30.6 Å². The lowest BCUT2D eigenvalue weighted by Gasteiger charge is -2.37. The van der Waals surface area contributed by atoms with Crippen LogP contribution in [0.2, 0.25) is 0 Å². The van der Waals surface area contributed by atoms with Gasteiger partial charge in [0.25, 0.3) is 5.91 Å². The first-order valence-electron chi connectivity index (χ1n) is 8.02. The van der Waals surface area contributed by atoms with Gasteiger partial charge in [-0.1, -0.05) is 0 Å². The van der Waals surface area contributed by atoms with Crippen LogP contribution >= 0.6 is 11.3 Å². The van der Waals surface area contributed by atoms with Crippen molar-refractivity contribution in [3.8, 4) is 10.8 Å². The zero-order chi connectivity index (χ0) is 16.5. The number of ether oxygens (including phenoxy) is 1. The van der Waals surface area contributed by atoms with E-state index in [0.29, 0.717) is 29.7 Å². The van der Waals surface area contributed by atoms with Gasteiger partial charge in [0, 0.05) is 30.9 Å². The molecule has 3 atom stereocenters. The highest BCUT2D eigenvalue weighted by Gasteiger charge is 2.43. The van der Waals surface area contributed by atoms with E-state index in [0.717, 1.165) is 12.8 Å². The summed E-state index contributed by atoms with van der Waals surface area (Å²) in [6.07, 6.45) is 4.93. The summed E-state index contributed by atoms with van der Waals surface area (Å²) in [4.78, 5) is 27.5. The Morgan fingerprint density at radius 1 is 1.38 bits per heavy atom. The lowest BCUT2D eigenvalue weighted by Crippen LogP contribution is -2.51. The molecule has 4 rings (SSSR count). The van der Waals surface area contributed by atoms with Crippen LogP contribution in [0, 0.1) is 5.92 Å². The molecule has 1 saturated heterocycles. The standard InChI is InChI=1S/C16H18N4O3S/c21-8-10-6-12-13(7-10)23-5-4-20(12)16(22)11-9-24-15(19-11)14-17-2-1-3-18-14/h1-3,9-10,12-13,21H,4-8H2/t10-,12+,13?/m1/s1. The second kappa shape index (κ2) is 6.54. The Bertz CT molecular complexity index is 723. The molecule has 0 spiro atoms. The normalized spacial score (nSPS) is 26.4. The van der Waals surface area contributed by atoms with Crippen LogP contribution in [0.25, 0.3) is 10.8 Å². The van der Waals surface area contributed by atoms with Crippen LogP contribution < -0.4 is 0 Å². The minimum absolute atomic E-state index is 0.0235. The van der Waals surface area contributed by atoms with Crippen molar-refractivity contribution in [3.05, 3.63) is 29.5 Å². The molecule has 3 heterocycles. The maximum absolute atomic E-state index is 12.9. The number of carbonyl (C=O) groups is 1. The van der Waals surface area contributed by atoms with Crippen molar-refractivity contribution < 1.29 is 14.6 Å². The van der Waals surface area contributed by atoms with E-state index in [1.165, 1.54) is 11.3 Å². The van der Waals surface area contributed by atoms with Gasteiger partial charge >= 0.3 is 0 Å². The maximum Gasteiger partial charge on any atom is 0.273 e. The number of hydrogen-bond acceptors (Lipinski definition) is 7. The minimum Gasteiger partial charge on any atom is -0.396 e. The van der Waals surface area contributed by atoms with Crippen LogP contribution in [0.15, 0.2) is 23.8 Å². The van der Waals surface area contributed by atoms with Crippen molar-refractivity contribution >= 4 is 17.2 Å². The van der Waals surface area contributed by atoms with Crippen LogP contribution in [0.3, 0.4) is 0 Å². The second-order valence-corrected chi connectivity index (χ2v) is 6.96. The number of aliphatic hydroxyl groups excluding tert-OH is 1. The Hall–Kier alpha value is -1.90. The number of hydrogen-bond donors (Lipinski definition) is 1. The molecule has 1 aliphatic carbocycles. The third-order valence-corrected chi connectivity index (χ3v) is 5.47. The second-order valence-electron chi connectivity index (χ2n) is 6.11. The third-order valence-electron chi connectivity index (χ3n) is 4.63. The molecule has 1 unspecified atom stereocenters. The van der Waals surface area contributed by atoms with Crippen LogP contribution in [0.5, 0.6) is 0 Å². The molecule has 126 valence electrons. The Morgan fingerprint density at radius 2 is 2.21 bits per heavy atom. The largest absolute Gasteiger partial charge is 0.396 e. The quantitative estimate of drug-likeness (QED) is 0.899. The summed E-state index contributed by atoms with van der Waals surface area (Å²) < 4.78 is 5.78. The number of morpholine rings is 1. The van der Waals surface area contributed by atoms with E-state index in [1.54, 1.807) is 23.8 Å². The van der Waals surface area contributed by atoms with Crippen molar-refractivity contribution in [1.29, 1.82) is 0 Å². The van der Waals surface area contributed by atoms with Crippen LogP contribution in [-0.2, 0) is 4.74 Å². The Morgan fingerprint density at radius 3 is 3.00 bits per heavy atom. The number of fused-ring (bicyclic) bond motifs is 1. The molecular weight excluding hydrogens is 328 g/mol. The highest BCUT2D eigenvalue weighted by Crippen LogP contribution is 2.35. The van der Waals surface area contributed by atoms with Crippen LogP contribution in [-0.4, -0.2) is 62.8 Å². The summed E-state index contributed by atoms with van der Waals surface area (Å²) >= 11 is 1.37. The Balaban J connectivity index is 1.54. The summed E-state index contributed by atoms with van der Waals surface area (Å²) in [6.45, 7) is 1.24. The number of aliphatic hydroxyl groups is 1. The lowest BCUT2D eigenvalue weighted by molar-refractivity contribution is -0.0450. The van der Waals surface area contributed by atoms with Gasteiger partial charge in [-0.05, 0) is 24.8 Å². The zero-order valence-electron chi connectivity index (χ0n) is 13.0. The number of aromatic nitrogens is 3. The molecule has 8 heteroatoms. The van der Waals surface area contributed by atoms with E-state index in [9.17, 15) is 9.90 Å². The fourth-order valence-corrected chi connectivity index (χ4v) is 4.22. The predicted octanol–water partition coefficient (Wildman–Crippen LogP) is 1.21. The van der Waals surface area contributed by atoms with Gasteiger partial charge in [-0.15, -0.1) is 11.3 Å². The van der Waals surface area contributed by atoms with Crippen LogP contribution in [0.4, 0.5) is 0 Å². The zero-order valence-corrected chi connectivity index (χ0v) is 13.9. The molecule has 24 heavy (non-hydrogen) atoms. The van der Waals surface area contributed by atoms with Crippen LogP contribution in [0.1, 0.15) is 23.3 Å². The average Bonchev–Trinajstić information content (AvgIpc) is 3.28. The average molecular weight is 346 g/mol. The fraction of sp³-hybridized carbons (Fsp3) is 0.500. The smallest absolute Gasteiger partial charge is 0.273 e. The van der Waals surface area contributed by atoms with Crippen molar-refractivity contribution in [2.75, 3.05) is 19.8 Å². The summed E-state index contributed by atoms with van der Waals surface area (Å²) in [6, 6.07) is 1.77. The Kier molecular flexibility index (Phi) is 4.26. The summed E-state index contributed by atoms with van der Waals surface area (Å²) in [7, 11) is 0. The molecule has 1 saturated carbocycles. The number of nitrogens with zero attached hydrogens (tertiary/aromatic N) is 4. The molecular formula is C16H18N4O3S. The predicted molar refractivity (Wildman–Crippen MR) is 87.5 cm³/mol. The Labute approximate surface area is 143 Å². The molecule has 1 N–H and O–H groups in total. The molecule has 7 nitrogen and oxygen atoms in total. The first-order chi connectivity index (χ1) is 11.8. The van der Waals surface area contributed by atoms with Crippen molar-refractivity contribution in [2.24, 2.45) is 5.92 Å². The van der Waals surface area contributed by atoms with E-state index in [4.69, 9.17) is 4.74 Å². The monoisotopic (exact) mass is 346 g/mol. The van der Waals surface area contributed by atoms with Gasteiger partial charge in [0.2, 0.25) is 0 Å². The van der Waals surface area contributed by atoms with Crippen molar-refractivity contribution in [1.82, 2.24) is 19.9 Å². The van der Waals surface area contributed by atoms with E-state index in [2.05, 4.69) is 15.0 Å². The number of carbonyl (C=O) groups excluding carboxylic acids is 1. The SMILES string of the molecule is O=C(c1csc(-c2ncccn2)n1)N1CCOC2C[C@H](CO)C[C@@H]21. The molecule has 0 aromatic carbocycles. The first kappa shape index (κ1) is 15.6. The summed E-state index contributed by atoms with van der Waals surface area (Å²) in [5.41, 5.74) is 0.426. The molecule has 0 radical (unpaired) electrons. The number of thiazole rings is 1. The van der Waals surface area contributed by atoms with Gasteiger partial charge < -0.3 is 14.7 Å². The van der Waals surface area contributed by atoms with Crippen molar-refractivity contribution in [3.63, 3.8) is 0 Å². The number of rotatable bonds is 3. The van der Waals surface area contributed by atoms with Gasteiger partial charge in [-0.2, -0.15) is 0 Å². The molecule has 1 amide bonds. The molecule has 1 aliphatic heterocycles. The molecule has 2 aromatic rings. The van der Waals surface area contributed by atoms with E-state index >= 15 is 0 Å². The van der Waals surface area contributed by atoms with Gasteiger partial charge in [0.15, 0.2) is 10.8 Å². The highest BCUT2D eigenvalue weighted by molar-refractivity contribution is 7.13. The van der Waals surface area contributed by atoms with Gasteiger partial charge in [0.05, 0.1) is 18.8 Å². The molecule has 0 bridgehead atoms. The molecule has 2 aliphatic rings. The molecule has 2 aromatic heterocycles. The fourth-order valence-electron chi connectivity index (χ4n) is 3.48. The first-order valence-corrected chi connectivity index (χ1v) is 8.90.